The number of para-hydroxylation sites is 1. The van der Waals surface area contributed by atoms with Crippen molar-refractivity contribution in [1.29, 1.82) is 0 Å². The van der Waals surface area contributed by atoms with Gasteiger partial charge in [-0.2, -0.15) is 0 Å². The number of anilines is 1. The average molecular weight is 429 g/mol. The number of carbonyl (C=O) groups excluding carboxylic acids is 2. The highest BCUT2D eigenvalue weighted by molar-refractivity contribution is 8.26. The number of thiocarbonyl (C=S) groups is 1. The third kappa shape index (κ3) is 5.32. The van der Waals surface area contributed by atoms with Crippen LogP contribution in [0.15, 0.2) is 71.7 Å². The highest BCUT2D eigenvalue weighted by atomic mass is 35.5. The number of allylic oxidation sites excluding steroid dienone is 2. The van der Waals surface area contributed by atoms with Crippen LogP contribution in [0, 0.1) is 0 Å². The predicted molar refractivity (Wildman–Crippen MR) is 120 cm³/mol. The van der Waals surface area contributed by atoms with Crippen LogP contribution in [0.5, 0.6) is 0 Å². The van der Waals surface area contributed by atoms with Crippen LogP contribution in [0.25, 0.3) is 6.08 Å². The first-order chi connectivity index (χ1) is 13.5. The van der Waals surface area contributed by atoms with Gasteiger partial charge >= 0.3 is 0 Å². The number of nitrogens with zero attached hydrogens (tertiary/aromatic N) is 1. The van der Waals surface area contributed by atoms with E-state index in [1.165, 1.54) is 16.7 Å². The molecule has 4 nitrogen and oxygen atoms in total. The van der Waals surface area contributed by atoms with E-state index in [0.717, 1.165) is 5.56 Å². The van der Waals surface area contributed by atoms with Gasteiger partial charge in [-0.3, -0.25) is 14.5 Å². The average Bonchev–Trinajstić information content (AvgIpc) is 2.96. The molecule has 1 saturated heterocycles. The number of rotatable bonds is 6. The summed E-state index contributed by atoms with van der Waals surface area (Å²) in [6, 6.07) is 16.8. The summed E-state index contributed by atoms with van der Waals surface area (Å²) in [5, 5.41) is 3.21. The van der Waals surface area contributed by atoms with E-state index in [1.54, 1.807) is 30.3 Å². The Morgan fingerprint density at radius 1 is 1.14 bits per heavy atom. The molecular weight excluding hydrogens is 412 g/mol. The molecule has 2 amide bonds. The number of benzene rings is 2. The first-order valence-electron chi connectivity index (χ1n) is 8.56. The maximum atomic E-state index is 12.5. The van der Waals surface area contributed by atoms with E-state index in [1.807, 2.05) is 42.5 Å². The summed E-state index contributed by atoms with van der Waals surface area (Å²) >= 11 is 12.6. The lowest BCUT2D eigenvalue weighted by atomic mass is 10.2. The summed E-state index contributed by atoms with van der Waals surface area (Å²) in [6.45, 7) is 0.223. The van der Waals surface area contributed by atoms with Crippen LogP contribution in [0.3, 0.4) is 0 Å². The maximum Gasteiger partial charge on any atom is 0.266 e. The lowest BCUT2D eigenvalue weighted by Crippen LogP contribution is -2.31. The Morgan fingerprint density at radius 3 is 2.61 bits per heavy atom. The van der Waals surface area contributed by atoms with E-state index < -0.39 is 0 Å². The molecule has 1 N–H and O–H groups in total. The second kappa shape index (κ2) is 9.68. The fraction of sp³-hybridized carbons (Fsp3) is 0.0952. The van der Waals surface area contributed by atoms with Gasteiger partial charge in [0, 0.05) is 13.0 Å². The second-order valence-electron chi connectivity index (χ2n) is 5.90. The SMILES string of the molecule is O=C(CCN1C(=O)C(=CC=Cc2ccccc2)SC1=S)Nc1ccccc1Cl. The molecule has 7 heteroatoms. The number of hydrogen-bond donors (Lipinski definition) is 1. The van der Waals surface area contributed by atoms with Gasteiger partial charge in [0.05, 0.1) is 15.6 Å². The van der Waals surface area contributed by atoms with Crippen molar-refractivity contribution in [1.82, 2.24) is 4.90 Å². The highest BCUT2D eigenvalue weighted by Gasteiger charge is 2.31. The van der Waals surface area contributed by atoms with E-state index in [-0.39, 0.29) is 24.8 Å². The molecule has 0 unspecified atom stereocenters. The molecule has 0 spiro atoms. The zero-order valence-corrected chi connectivity index (χ0v) is 17.2. The Hall–Kier alpha value is -2.41. The molecule has 0 radical (unpaired) electrons. The number of amides is 2. The quantitative estimate of drug-likeness (QED) is 0.512. The lowest BCUT2D eigenvalue weighted by molar-refractivity contribution is -0.122. The van der Waals surface area contributed by atoms with Gasteiger partial charge in [0.25, 0.3) is 5.91 Å². The maximum absolute atomic E-state index is 12.5. The monoisotopic (exact) mass is 428 g/mol. The van der Waals surface area contributed by atoms with Gasteiger partial charge in [0.2, 0.25) is 5.91 Å². The molecule has 0 bridgehead atoms. The largest absolute Gasteiger partial charge is 0.325 e. The van der Waals surface area contributed by atoms with Crippen molar-refractivity contribution < 1.29 is 9.59 Å². The summed E-state index contributed by atoms with van der Waals surface area (Å²) in [7, 11) is 0. The summed E-state index contributed by atoms with van der Waals surface area (Å²) in [4.78, 5) is 26.7. The van der Waals surface area contributed by atoms with Crippen LogP contribution < -0.4 is 5.32 Å². The molecule has 1 aliphatic heterocycles. The van der Waals surface area contributed by atoms with Gasteiger partial charge in [-0.25, -0.2) is 0 Å². The molecule has 28 heavy (non-hydrogen) atoms. The third-order valence-corrected chi connectivity index (χ3v) is 5.65. The van der Waals surface area contributed by atoms with Gasteiger partial charge < -0.3 is 5.32 Å². The van der Waals surface area contributed by atoms with Crippen molar-refractivity contribution in [3.8, 4) is 0 Å². The molecule has 0 aromatic heterocycles. The summed E-state index contributed by atoms with van der Waals surface area (Å²) in [6.07, 6.45) is 5.62. The molecule has 3 rings (SSSR count). The Morgan fingerprint density at radius 2 is 1.86 bits per heavy atom. The van der Waals surface area contributed by atoms with E-state index in [2.05, 4.69) is 5.32 Å². The van der Waals surface area contributed by atoms with Crippen LogP contribution in [-0.4, -0.2) is 27.6 Å². The molecule has 0 saturated carbocycles. The summed E-state index contributed by atoms with van der Waals surface area (Å²) in [5.74, 6) is -0.409. The number of halogens is 1. The summed E-state index contributed by atoms with van der Waals surface area (Å²) in [5.41, 5.74) is 1.59. The predicted octanol–water partition coefficient (Wildman–Crippen LogP) is 5.13. The van der Waals surface area contributed by atoms with Gasteiger partial charge in [-0.05, 0) is 23.8 Å². The zero-order chi connectivity index (χ0) is 19.9. The Balaban J connectivity index is 1.56. The number of hydrogen-bond acceptors (Lipinski definition) is 4. The number of carbonyl (C=O) groups is 2. The normalized spacial score (nSPS) is 15.6. The minimum Gasteiger partial charge on any atom is -0.325 e. The van der Waals surface area contributed by atoms with Crippen molar-refractivity contribution in [2.24, 2.45) is 0 Å². The first kappa shape index (κ1) is 20.3. The molecule has 1 aliphatic rings. The van der Waals surface area contributed by atoms with E-state index in [9.17, 15) is 9.59 Å². The van der Waals surface area contributed by atoms with Crippen molar-refractivity contribution in [3.63, 3.8) is 0 Å². The fourth-order valence-electron chi connectivity index (χ4n) is 2.51. The van der Waals surface area contributed by atoms with Crippen molar-refractivity contribution in [3.05, 3.63) is 82.2 Å². The molecule has 142 valence electrons. The second-order valence-corrected chi connectivity index (χ2v) is 7.99. The Kier molecular flexibility index (Phi) is 7.03. The lowest BCUT2D eigenvalue weighted by Gasteiger charge is -2.14. The number of thioether (sulfide) groups is 1. The Labute approximate surface area is 178 Å². The van der Waals surface area contributed by atoms with Crippen LogP contribution in [0.2, 0.25) is 5.02 Å². The molecule has 2 aromatic rings. The molecule has 0 aliphatic carbocycles. The van der Waals surface area contributed by atoms with Gasteiger partial charge in [-0.1, -0.05) is 90.2 Å². The van der Waals surface area contributed by atoms with Gasteiger partial charge in [-0.15, -0.1) is 0 Å². The van der Waals surface area contributed by atoms with Crippen LogP contribution in [0.4, 0.5) is 5.69 Å². The van der Waals surface area contributed by atoms with Gasteiger partial charge in [0.15, 0.2) is 0 Å². The Bertz CT molecular complexity index is 958. The molecule has 1 fully saturated rings. The molecule has 2 aromatic carbocycles. The van der Waals surface area contributed by atoms with Crippen molar-refractivity contribution in [2.75, 3.05) is 11.9 Å². The molecule has 0 atom stereocenters. The van der Waals surface area contributed by atoms with E-state index in [4.69, 9.17) is 23.8 Å². The zero-order valence-electron chi connectivity index (χ0n) is 14.8. The van der Waals surface area contributed by atoms with Crippen LogP contribution in [0.1, 0.15) is 12.0 Å². The minimum absolute atomic E-state index is 0.130. The summed E-state index contributed by atoms with van der Waals surface area (Å²) < 4.78 is 0.454. The third-order valence-electron chi connectivity index (χ3n) is 3.92. The molecular formula is C21H17ClN2O2S2. The van der Waals surface area contributed by atoms with E-state index in [0.29, 0.717) is 19.9 Å². The highest BCUT2D eigenvalue weighted by Crippen LogP contribution is 2.31. The van der Waals surface area contributed by atoms with Gasteiger partial charge in [0.1, 0.15) is 4.32 Å². The minimum atomic E-state index is -0.227. The smallest absolute Gasteiger partial charge is 0.266 e. The van der Waals surface area contributed by atoms with E-state index >= 15 is 0 Å². The van der Waals surface area contributed by atoms with Crippen molar-refractivity contribution >= 4 is 63.5 Å². The van der Waals surface area contributed by atoms with Crippen LogP contribution in [-0.2, 0) is 9.59 Å². The van der Waals surface area contributed by atoms with Crippen LogP contribution >= 0.6 is 35.6 Å². The fourth-order valence-corrected chi connectivity index (χ4v) is 3.95. The number of nitrogens with one attached hydrogen (secondary N) is 1. The molecule has 1 heterocycles. The standard InChI is InChI=1S/C21H17ClN2O2S2/c22-16-10-4-5-11-17(16)23-19(25)13-14-24-20(26)18(28-21(24)27)12-6-9-15-7-2-1-3-8-15/h1-12H,13-14H2,(H,23,25). The first-order valence-corrected chi connectivity index (χ1v) is 10.2. The van der Waals surface area contributed by atoms with Crippen molar-refractivity contribution in [2.45, 2.75) is 6.42 Å². The topological polar surface area (TPSA) is 49.4 Å².